The minimum absolute atomic E-state index is 0.00597. The van der Waals surface area contributed by atoms with E-state index in [0.717, 1.165) is 19.3 Å². The lowest BCUT2D eigenvalue weighted by Gasteiger charge is -2.47. The van der Waals surface area contributed by atoms with Crippen molar-refractivity contribution in [1.29, 1.82) is 0 Å². The summed E-state index contributed by atoms with van der Waals surface area (Å²) in [5.41, 5.74) is 15.4. The van der Waals surface area contributed by atoms with E-state index in [0.29, 0.717) is 5.92 Å². The van der Waals surface area contributed by atoms with Crippen molar-refractivity contribution < 1.29 is 0 Å². The van der Waals surface area contributed by atoms with Gasteiger partial charge in [0.25, 0.3) is 0 Å². The quantitative estimate of drug-likeness (QED) is 0.684. The number of rotatable bonds is 0. The third kappa shape index (κ3) is 0.918. The van der Waals surface area contributed by atoms with Crippen molar-refractivity contribution in [3.63, 3.8) is 0 Å². The Balaban J connectivity index is 1.98. The van der Waals surface area contributed by atoms with Crippen molar-refractivity contribution in [1.82, 2.24) is 0 Å². The molecular weight excluding hydrogens is 220 g/mol. The van der Waals surface area contributed by atoms with Crippen molar-refractivity contribution in [2.75, 3.05) is 0 Å². The van der Waals surface area contributed by atoms with Crippen LogP contribution in [0.25, 0.3) is 6.08 Å². The Kier molecular flexibility index (Phi) is 1.73. The molecule has 3 aliphatic rings. The average Bonchev–Trinajstić information content (AvgIpc) is 3.09. The van der Waals surface area contributed by atoms with Crippen LogP contribution in [0.15, 0.2) is 30.3 Å². The van der Waals surface area contributed by atoms with Crippen molar-refractivity contribution in [2.45, 2.75) is 37.3 Å². The third-order valence-corrected chi connectivity index (χ3v) is 5.88. The van der Waals surface area contributed by atoms with Crippen LogP contribution in [0, 0.1) is 11.3 Å². The molecule has 4 rings (SSSR count). The summed E-state index contributed by atoms with van der Waals surface area (Å²) in [5, 5.41) is 0. The highest BCUT2D eigenvalue weighted by atomic mass is 15.1. The van der Waals surface area contributed by atoms with Gasteiger partial charge in [-0.1, -0.05) is 43.3 Å². The van der Waals surface area contributed by atoms with Gasteiger partial charge in [-0.25, -0.2) is 0 Å². The number of fused-ring (bicyclic) bond motifs is 1. The fraction of sp³-hybridized carbons (Fsp3) is 0.500. The second-order valence-electron chi connectivity index (χ2n) is 6.52. The SMILES string of the molecule is CC1CCC(N)(N)C23C=Cc4ccccc4C12C3. The molecule has 3 aliphatic carbocycles. The van der Waals surface area contributed by atoms with Crippen molar-refractivity contribution in [2.24, 2.45) is 22.8 Å². The molecule has 3 unspecified atom stereocenters. The number of nitrogens with two attached hydrogens (primary N) is 2. The fourth-order valence-electron chi connectivity index (χ4n) is 4.76. The van der Waals surface area contributed by atoms with Crippen LogP contribution in [0.3, 0.4) is 0 Å². The summed E-state index contributed by atoms with van der Waals surface area (Å²) in [6.07, 6.45) is 7.74. The summed E-state index contributed by atoms with van der Waals surface area (Å²) in [6, 6.07) is 8.74. The molecule has 94 valence electrons. The minimum Gasteiger partial charge on any atom is -0.313 e. The van der Waals surface area contributed by atoms with Crippen molar-refractivity contribution in [3.05, 3.63) is 41.5 Å². The molecule has 1 aromatic rings. The molecule has 0 heterocycles. The summed E-state index contributed by atoms with van der Waals surface area (Å²) < 4.78 is 0. The summed E-state index contributed by atoms with van der Waals surface area (Å²) in [7, 11) is 0. The molecule has 0 amide bonds. The fourth-order valence-corrected chi connectivity index (χ4v) is 4.76. The van der Waals surface area contributed by atoms with E-state index in [1.54, 1.807) is 0 Å². The molecule has 2 fully saturated rings. The summed E-state index contributed by atoms with van der Waals surface area (Å²) in [5.74, 6) is 0.670. The van der Waals surface area contributed by atoms with Gasteiger partial charge in [-0.3, -0.25) is 0 Å². The lowest BCUT2D eigenvalue weighted by molar-refractivity contribution is 0.154. The maximum absolute atomic E-state index is 6.45. The molecule has 2 saturated carbocycles. The first kappa shape index (κ1) is 10.8. The maximum atomic E-state index is 6.45. The zero-order valence-corrected chi connectivity index (χ0v) is 10.8. The Morgan fingerprint density at radius 1 is 1.22 bits per heavy atom. The number of hydrogen-bond donors (Lipinski definition) is 2. The monoisotopic (exact) mass is 240 g/mol. The summed E-state index contributed by atoms with van der Waals surface area (Å²) in [6.45, 7) is 2.37. The molecule has 18 heavy (non-hydrogen) atoms. The molecule has 0 aromatic heterocycles. The highest BCUT2D eigenvalue weighted by molar-refractivity contribution is 5.68. The number of hydrogen-bond acceptors (Lipinski definition) is 2. The molecular formula is C16H20N2. The van der Waals surface area contributed by atoms with Gasteiger partial charge in [0.15, 0.2) is 0 Å². The lowest BCUT2D eigenvalue weighted by atomic mass is 9.62. The summed E-state index contributed by atoms with van der Waals surface area (Å²) in [4.78, 5) is 0. The molecule has 0 bridgehead atoms. The molecule has 3 atom stereocenters. The van der Waals surface area contributed by atoms with Crippen LogP contribution < -0.4 is 11.5 Å². The standard InChI is InChI=1S/C16H20N2/c1-11-6-9-16(17,18)14-8-7-12-4-2-3-5-13(12)15(11,14)10-14/h2-5,7-8,11H,6,9-10,17-18H2,1H3. The Bertz CT molecular complexity index is 560. The van der Waals surface area contributed by atoms with Gasteiger partial charge in [-0.2, -0.15) is 0 Å². The lowest BCUT2D eigenvalue weighted by Crippen LogP contribution is -2.62. The Labute approximate surface area is 108 Å². The van der Waals surface area contributed by atoms with E-state index in [1.165, 1.54) is 11.1 Å². The molecule has 0 radical (unpaired) electrons. The smallest absolute Gasteiger partial charge is 0.0739 e. The Morgan fingerprint density at radius 3 is 2.83 bits per heavy atom. The third-order valence-electron chi connectivity index (χ3n) is 5.88. The van der Waals surface area contributed by atoms with Gasteiger partial charge in [0.2, 0.25) is 0 Å². The summed E-state index contributed by atoms with van der Waals surface area (Å²) >= 11 is 0. The van der Waals surface area contributed by atoms with E-state index >= 15 is 0 Å². The van der Waals surface area contributed by atoms with Gasteiger partial charge < -0.3 is 11.5 Å². The first-order chi connectivity index (χ1) is 8.54. The van der Waals surface area contributed by atoms with Gasteiger partial charge in [-0.05, 0) is 36.3 Å². The van der Waals surface area contributed by atoms with E-state index in [2.05, 4.69) is 43.3 Å². The predicted molar refractivity (Wildman–Crippen MR) is 73.7 cm³/mol. The first-order valence-corrected chi connectivity index (χ1v) is 6.90. The Morgan fingerprint density at radius 2 is 2.00 bits per heavy atom. The van der Waals surface area contributed by atoms with Gasteiger partial charge in [0.1, 0.15) is 0 Å². The van der Waals surface area contributed by atoms with E-state index < -0.39 is 5.66 Å². The van der Waals surface area contributed by atoms with Crippen LogP contribution in [0.1, 0.15) is 37.3 Å². The molecule has 0 spiro atoms. The van der Waals surface area contributed by atoms with Gasteiger partial charge in [-0.15, -0.1) is 0 Å². The molecule has 0 saturated heterocycles. The first-order valence-electron chi connectivity index (χ1n) is 6.90. The van der Waals surface area contributed by atoms with E-state index in [4.69, 9.17) is 11.5 Å². The Hall–Kier alpha value is -1.12. The zero-order valence-electron chi connectivity index (χ0n) is 10.8. The molecule has 0 aliphatic heterocycles. The predicted octanol–water partition coefficient (Wildman–Crippen LogP) is 2.38. The topological polar surface area (TPSA) is 52.0 Å². The van der Waals surface area contributed by atoms with E-state index in [9.17, 15) is 0 Å². The van der Waals surface area contributed by atoms with E-state index in [1.807, 2.05) is 0 Å². The van der Waals surface area contributed by atoms with Gasteiger partial charge in [0, 0.05) is 10.8 Å². The highest BCUT2D eigenvalue weighted by Gasteiger charge is 2.77. The molecule has 2 nitrogen and oxygen atoms in total. The van der Waals surface area contributed by atoms with Crippen LogP contribution in [0.2, 0.25) is 0 Å². The largest absolute Gasteiger partial charge is 0.313 e. The average molecular weight is 240 g/mol. The van der Waals surface area contributed by atoms with Crippen LogP contribution in [0.4, 0.5) is 0 Å². The van der Waals surface area contributed by atoms with Crippen molar-refractivity contribution >= 4 is 6.08 Å². The van der Waals surface area contributed by atoms with Gasteiger partial charge >= 0.3 is 0 Å². The highest BCUT2D eigenvalue weighted by Crippen LogP contribution is 2.77. The molecule has 4 N–H and O–H groups in total. The number of benzene rings is 1. The second-order valence-corrected chi connectivity index (χ2v) is 6.52. The zero-order chi connectivity index (χ0) is 12.6. The second kappa shape index (κ2) is 2.89. The van der Waals surface area contributed by atoms with Crippen LogP contribution >= 0.6 is 0 Å². The van der Waals surface area contributed by atoms with Crippen LogP contribution in [0.5, 0.6) is 0 Å². The van der Waals surface area contributed by atoms with E-state index in [-0.39, 0.29) is 10.8 Å². The normalized spacial score (nSPS) is 42.7. The van der Waals surface area contributed by atoms with Crippen LogP contribution in [-0.4, -0.2) is 5.66 Å². The van der Waals surface area contributed by atoms with Gasteiger partial charge in [0.05, 0.1) is 5.66 Å². The minimum atomic E-state index is -0.538. The van der Waals surface area contributed by atoms with Crippen molar-refractivity contribution in [3.8, 4) is 0 Å². The maximum Gasteiger partial charge on any atom is 0.0739 e. The molecule has 1 aromatic carbocycles. The molecule has 2 heteroatoms. The van der Waals surface area contributed by atoms with Crippen LogP contribution in [-0.2, 0) is 5.41 Å².